The Kier molecular flexibility index (Phi) is 3.55. The molecule has 2 rings (SSSR count). The van der Waals surface area contributed by atoms with Crippen LogP contribution in [-0.2, 0) is 13.0 Å². The van der Waals surface area contributed by atoms with Gasteiger partial charge in [-0.25, -0.2) is 0 Å². The maximum atomic E-state index is 11.7. The molecule has 1 amide bonds. The SMILES string of the molecule is CCc1ccc(C(=O)NCc2ccccn2)o1. The lowest BCUT2D eigenvalue weighted by Crippen LogP contribution is -2.22. The second kappa shape index (κ2) is 5.30. The summed E-state index contributed by atoms with van der Waals surface area (Å²) >= 11 is 0. The number of pyridine rings is 1. The van der Waals surface area contributed by atoms with E-state index in [4.69, 9.17) is 4.42 Å². The molecule has 88 valence electrons. The second-order valence-electron chi connectivity index (χ2n) is 3.62. The summed E-state index contributed by atoms with van der Waals surface area (Å²) < 4.78 is 5.35. The van der Waals surface area contributed by atoms with E-state index >= 15 is 0 Å². The van der Waals surface area contributed by atoms with Gasteiger partial charge in [0.1, 0.15) is 5.76 Å². The summed E-state index contributed by atoms with van der Waals surface area (Å²) in [7, 11) is 0. The van der Waals surface area contributed by atoms with Gasteiger partial charge in [-0.2, -0.15) is 0 Å². The fourth-order valence-electron chi connectivity index (χ4n) is 1.45. The van der Waals surface area contributed by atoms with Crippen molar-refractivity contribution in [2.75, 3.05) is 0 Å². The third-order valence-electron chi connectivity index (χ3n) is 2.39. The normalized spacial score (nSPS) is 10.2. The highest BCUT2D eigenvalue weighted by Crippen LogP contribution is 2.08. The number of aryl methyl sites for hydroxylation is 1. The van der Waals surface area contributed by atoms with E-state index in [1.165, 1.54) is 0 Å². The molecule has 4 nitrogen and oxygen atoms in total. The lowest BCUT2D eigenvalue weighted by atomic mass is 10.3. The summed E-state index contributed by atoms with van der Waals surface area (Å²) in [6.07, 6.45) is 2.48. The zero-order valence-electron chi connectivity index (χ0n) is 9.64. The minimum atomic E-state index is -0.213. The Morgan fingerprint density at radius 2 is 2.24 bits per heavy atom. The molecule has 0 radical (unpaired) electrons. The molecular formula is C13H14N2O2. The summed E-state index contributed by atoms with van der Waals surface area (Å²) in [6.45, 7) is 2.39. The number of carbonyl (C=O) groups is 1. The van der Waals surface area contributed by atoms with Gasteiger partial charge in [-0.05, 0) is 24.3 Å². The first-order valence-corrected chi connectivity index (χ1v) is 5.56. The number of aromatic nitrogens is 1. The number of hydrogen-bond acceptors (Lipinski definition) is 3. The van der Waals surface area contributed by atoms with Crippen LogP contribution < -0.4 is 5.32 Å². The number of amides is 1. The molecule has 2 aromatic heterocycles. The molecule has 4 heteroatoms. The van der Waals surface area contributed by atoms with Crippen LogP contribution in [-0.4, -0.2) is 10.9 Å². The Morgan fingerprint density at radius 3 is 2.88 bits per heavy atom. The smallest absolute Gasteiger partial charge is 0.287 e. The van der Waals surface area contributed by atoms with Gasteiger partial charge < -0.3 is 9.73 Å². The van der Waals surface area contributed by atoms with Crippen LogP contribution in [0.5, 0.6) is 0 Å². The average Bonchev–Trinajstić information content (AvgIpc) is 2.86. The first kappa shape index (κ1) is 11.4. The quantitative estimate of drug-likeness (QED) is 0.875. The van der Waals surface area contributed by atoms with Gasteiger partial charge in [0.2, 0.25) is 0 Å². The number of rotatable bonds is 4. The monoisotopic (exact) mass is 230 g/mol. The molecule has 0 aliphatic carbocycles. The Bertz CT molecular complexity index is 491. The minimum absolute atomic E-state index is 0.213. The standard InChI is InChI=1S/C13H14N2O2/c1-2-11-6-7-12(17-11)13(16)15-9-10-5-3-4-8-14-10/h3-8H,2,9H2,1H3,(H,15,16). The highest BCUT2D eigenvalue weighted by molar-refractivity contribution is 5.91. The molecular weight excluding hydrogens is 216 g/mol. The van der Waals surface area contributed by atoms with Gasteiger partial charge in [-0.15, -0.1) is 0 Å². The number of furan rings is 1. The van der Waals surface area contributed by atoms with Crippen molar-refractivity contribution < 1.29 is 9.21 Å². The number of carbonyl (C=O) groups excluding carboxylic acids is 1. The molecule has 0 unspecified atom stereocenters. The van der Waals surface area contributed by atoms with Gasteiger partial charge >= 0.3 is 0 Å². The van der Waals surface area contributed by atoms with E-state index in [9.17, 15) is 4.79 Å². The molecule has 0 saturated carbocycles. The van der Waals surface area contributed by atoms with E-state index in [0.29, 0.717) is 12.3 Å². The van der Waals surface area contributed by atoms with Crippen LogP contribution in [0.2, 0.25) is 0 Å². The largest absolute Gasteiger partial charge is 0.456 e. The van der Waals surface area contributed by atoms with E-state index in [-0.39, 0.29) is 5.91 Å². The first-order valence-electron chi connectivity index (χ1n) is 5.56. The average molecular weight is 230 g/mol. The fraction of sp³-hybridized carbons (Fsp3) is 0.231. The Hall–Kier alpha value is -2.10. The maximum Gasteiger partial charge on any atom is 0.287 e. The highest BCUT2D eigenvalue weighted by Gasteiger charge is 2.09. The van der Waals surface area contributed by atoms with Gasteiger partial charge in [0, 0.05) is 12.6 Å². The first-order chi connectivity index (χ1) is 8.29. The van der Waals surface area contributed by atoms with E-state index in [1.54, 1.807) is 12.3 Å². The summed E-state index contributed by atoms with van der Waals surface area (Å²) in [5, 5.41) is 2.76. The lowest BCUT2D eigenvalue weighted by molar-refractivity contribution is 0.0921. The third-order valence-corrected chi connectivity index (χ3v) is 2.39. The van der Waals surface area contributed by atoms with Crippen molar-refractivity contribution >= 4 is 5.91 Å². The molecule has 0 aliphatic heterocycles. The van der Waals surface area contributed by atoms with Crippen molar-refractivity contribution in [3.8, 4) is 0 Å². The summed E-state index contributed by atoms with van der Waals surface area (Å²) in [5.41, 5.74) is 0.822. The van der Waals surface area contributed by atoms with E-state index in [1.807, 2.05) is 31.2 Å². The van der Waals surface area contributed by atoms with Crippen molar-refractivity contribution in [2.45, 2.75) is 19.9 Å². The van der Waals surface area contributed by atoms with Crippen LogP contribution in [0.3, 0.4) is 0 Å². The second-order valence-corrected chi connectivity index (χ2v) is 3.62. The van der Waals surface area contributed by atoms with Crippen LogP contribution in [0.15, 0.2) is 40.9 Å². The lowest BCUT2D eigenvalue weighted by Gasteiger charge is -2.02. The van der Waals surface area contributed by atoms with Crippen molar-refractivity contribution in [3.05, 3.63) is 53.7 Å². The van der Waals surface area contributed by atoms with Crippen molar-refractivity contribution in [1.82, 2.24) is 10.3 Å². The number of hydrogen-bond donors (Lipinski definition) is 1. The summed E-state index contributed by atoms with van der Waals surface area (Å²) in [6, 6.07) is 9.09. The predicted molar refractivity (Wildman–Crippen MR) is 63.5 cm³/mol. The molecule has 0 saturated heterocycles. The molecule has 1 N–H and O–H groups in total. The fourth-order valence-corrected chi connectivity index (χ4v) is 1.45. The Balaban J connectivity index is 1.93. The van der Waals surface area contributed by atoms with Crippen LogP contribution >= 0.6 is 0 Å². The van der Waals surface area contributed by atoms with Gasteiger partial charge in [-0.3, -0.25) is 9.78 Å². The molecule has 0 atom stereocenters. The Morgan fingerprint density at radius 1 is 1.35 bits per heavy atom. The molecule has 0 aromatic carbocycles. The van der Waals surface area contributed by atoms with E-state index in [0.717, 1.165) is 17.9 Å². The van der Waals surface area contributed by atoms with Gasteiger partial charge in [0.25, 0.3) is 5.91 Å². The van der Waals surface area contributed by atoms with Crippen molar-refractivity contribution in [2.24, 2.45) is 0 Å². The van der Waals surface area contributed by atoms with Crippen LogP contribution in [0.25, 0.3) is 0 Å². The van der Waals surface area contributed by atoms with Crippen molar-refractivity contribution in [1.29, 1.82) is 0 Å². The van der Waals surface area contributed by atoms with Crippen LogP contribution in [0.4, 0.5) is 0 Å². The zero-order valence-corrected chi connectivity index (χ0v) is 9.64. The molecule has 0 bridgehead atoms. The van der Waals surface area contributed by atoms with Crippen LogP contribution in [0, 0.1) is 0 Å². The van der Waals surface area contributed by atoms with E-state index < -0.39 is 0 Å². The summed E-state index contributed by atoms with van der Waals surface area (Å²) in [5.74, 6) is 0.945. The topological polar surface area (TPSA) is 55.1 Å². The molecule has 2 aromatic rings. The maximum absolute atomic E-state index is 11.7. The minimum Gasteiger partial charge on any atom is -0.456 e. The number of nitrogens with one attached hydrogen (secondary N) is 1. The van der Waals surface area contributed by atoms with Crippen molar-refractivity contribution in [3.63, 3.8) is 0 Å². The zero-order chi connectivity index (χ0) is 12.1. The Labute approximate surface area is 99.7 Å². The van der Waals surface area contributed by atoms with E-state index in [2.05, 4.69) is 10.3 Å². The molecule has 0 aliphatic rings. The summed E-state index contributed by atoms with van der Waals surface area (Å²) in [4.78, 5) is 15.8. The molecule has 0 fully saturated rings. The third kappa shape index (κ3) is 2.93. The predicted octanol–water partition coefficient (Wildman–Crippen LogP) is 2.17. The van der Waals surface area contributed by atoms with Crippen LogP contribution in [0.1, 0.15) is 28.9 Å². The molecule has 17 heavy (non-hydrogen) atoms. The van der Waals surface area contributed by atoms with Gasteiger partial charge in [0.15, 0.2) is 5.76 Å². The molecule has 2 heterocycles. The van der Waals surface area contributed by atoms with Gasteiger partial charge in [0.05, 0.1) is 12.2 Å². The highest BCUT2D eigenvalue weighted by atomic mass is 16.3. The number of nitrogens with zero attached hydrogens (tertiary/aromatic N) is 1. The van der Waals surface area contributed by atoms with Gasteiger partial charge in [-0.1, -0.05) is 13.0 Å². The molecule has 0 spiro atoms.